The molecule has 1 aromatic rings. The van der Waals surface area contributed by atoms with Gasteiger partial charge in [0.25, 0.3) is 0 Å². The van der Waals surface area contributed by atoms with Crippen molar-refractivity contribution >= 4 is 47.6 Å². The van der Waals surface area contributed by atoms with Gasteiger partial charge < -0.3 is 10.6 Å². The number of hydrogen-bond donors (Lipinski definition) is 1. The molecule has 1 aromatic carbocycles. The molecule has 0 atom stereocenters. The zero-order valence-corrected chi connectivity index (χ0v) is 15.8. The van der Waals surface area contributed by atoms with Gasteiger partial charge in [0.2, 0.25) is 10.0 Å². The lowest BCUT2D eigenvalue weighted by Gasteiger charge is -2.22. The number of hydrogen-bond acceptors (Lipinski definition) is 4. The normalized spacial score (nSPS) is 16.8. The Kier molecular flexibility index (Phi) is 5.70. The Morgan fingerprint density at radius 3 is 2.29 bits per heavy atom. The third-order valence-corrected chi connectivity index (χ3v) is 7.35. The molecule has 0 spiro atoms. The van der Waals surface area contributed by atoms with Crippen LogP contribution >= 0.6 is 31.9 Å². The van der Waals surface area contributed by atoms with E-state index >= 15 is 0 Å². The molecule has 0 amide bonds. The van der Waals surface area contributed by atoms with Crippen molar-refractivity contribution in [3.05, 3.63) is 21.1 Å². The van der Waals surface area contributed by atoms with E-state index in [0.717, 1.165) is 19.6 Å². The average Bonchev–Trinajstić information content (AvgIpc) is 2.87. The topological polar surface area (TPSA) is 66.6 Å². The number of rotatable bonds is 5. The molecule has 0 saturated carbocycles. The highest BCUT2D eigenvalue weighted by atomic mass is 79.9. The third-order valence-electron chi connectivity index (χ3n) is 3.62. The Bertz CT molecular complexity index is 593. The van der Waals surface area contributed by atoms with E-state index in [2.05, 4.69) is 36.8 Å². The van der Waals surface area contributed by atoms with Crippen molar-refractivity contribution in [1.29, 1.82) is 0 Å². The molecule has 8 heteroatoms. The number of sulfonamides is 1. The fraction of sp³-hybridized carbons (Fsp3) is 0.538. The Balaban J connectivity index is 2.17. The van der Waals surface area contributed by atoms with Gasteiger partial charge in [0.1, 0.15) is 4.90 Å². The molecule has 118 valence electrons. The number of likely N-dealkylation sites (N-methyl/N-ethyl adjacent to an activating group) is 1. The summed E-state index contributed by atoms with van der Waals surface area (Å²) in [5, 5.41) is 0. The van der Waals surface area contributed by atoms with Gasteiger partial charge in [-0.2, -0.15) is 4.31 Å². The molecule has 1 fully saturated rings. The van der Waals surface area contributed by atoms with Crippen molar-refractivity contribution in [3.63, 3.8) is 0 Å². The van der Waals surface area contributed by atoms with Crippen LogP contribution in [-0.2, 0) is 10.0 Å². The highest BCUT2D eigenvalue weighted by Crippen LogP contribution is 2.34. The first-order chi connectivity index (χ1) is 9.82. The lowest BCUT2D eigenvalue weighted by molar-refractivity contribution is 0.310. The highest BCUT2D eigenvalue weighted by molar-refractivity contribution is 9.11. The molecular weight excluding hydrogens is 422 g/mol. The van der Waals surface area contributed by atoms with Gasteiger partial charge in [-0.05, 0) is 69.9 Å². The molecule has 5 nitrogen and oxygen atoms in total. The summed E-state index contributed by atoms with van der Waals surface area (Å²) in [7, 11) is -1.94. The van der Waals surface area contributed by atoms with E-state index in [1.54, 1.807) is 19.2 Å². The van der Waals surface area contributed by atoms with Gasteiger partial charge in [0.05, 0.1) is 0 Å². The highest BCUT2D eigenvalue weighted by Gasteiger charge is 2.27. The second-order valence-electron chi connectivity index (χ2n) is 5.19. The van der Waals surface area contributed by atoms with Crippen molar-refractivity contribution in [1.82, 2.24) is 9.21 Å². The van der Waals surface area contributed by atoms with Gasteiger partial charge >= 0.3 is 0 Å². The molecule has 2 rings (SSSR count). The summed E-state index contributed by atoms with van der Waals surface area (Å²) in [6.45, 7) is 3.36. The van der Waals surface area contributed by atoms with E-state index in [9.17, 15) is 8.42 Å². The van der Waals surface area contributed by atoms with E-state index in [1.165, 1.54) is 17.1 Å². The lowest BCUT2D eigenvalue weighted by atomic mass is 10.3. The quantitative estimate of drug-likeness (QED) is 0.714. The zero-order chi connectivity index (χ0) is 15.6. The summed E-state index contributed by atoms with van der Waals surface area (Å²) in [6, 6.07) is 3.21. The van der Waals surface area contributed by atoms with Crippen LogP contribution < -0.4 is 5.73 Å². The van der Waals surface area contributed by atoms with Gasteiger partial charge in [-0.25, -0.2) is 8.42 Å². The minimum atomic E-state index is -3.55. The van der Waals surface area contributed by atoms with Crippen molar-refractivity contribution < 1.29 is 8.42 Å². The van der Waals surface area contributed by atoms with Crippen molar-refractivity contribution in [3.8, 4) is 0 Å². The molecule has 21 heavy (non-hydrogen) atoms. The van der Waals surface area contributed by atoms with E-state index < -0.39 is 10.0 Å². The largest absolute Gasteiger partial charge is 0.399 e. The number of halogens is 2. The van der Waals surface area contributed by atoms with Gasteiger partial charge in [-0.1, -0.05) is 0 Å². The fourth-order valence-corrected chi connectivity index (χ4v) is 6.08. The Hall–Kier alpha value is -0.150. The van der Waals surface area contributed by atoms with Crippen LogP contribution in [0.1, 0.15) is 12.8 Å². The van der Waals surface area contributed by atoms with Crippen molar-refractivity contribution in [2.24, 2.45) is 0 Å². The maximum Gasteiger partial charge on any atom is 0.245 e. The minimum absolute atomic E-state index is 0.223. The molecule has 0 unspecified atom stereocenters. The van der Waals surface area contributed by atoms with Gasteiger partial charge in [0.15, 0.2) is 0 Å². The molecule has 1 heterocycles. The first kappa shape index (κ1) is 17.2. The number of anilines is 1. The van der Waals surface area contributed by atoms with E-state index in [0.29, 0.717) is 21.2 Å². The summed E-state index contributed by atoms with van der Waals surface area (Å²) in [4.78, 5) is 2.51. The Labute approximate surface area is 142 Å². The van der Waals surface area contributed by atoms with Crippen LogP contribution in [0.5, 0.6) is 0 Å². The molecule has 0 radical (unpaired) electrons. The number of nitrogen functional groups attached to an aromatic ring is 1. The first-order valence-corrected chi connectivity index (χ1v) is 9.78. The molecule has 1 aliphatic rings. The standard InChI is InChI=1S/C13H19Br2N3O2S/c1-17(6-7-18-4-2-3-5-18)21(19,20)13-11(14)8-10(16)9-12(13)15/h8-9H,2-7,16H2,1H3. The zero-order valence-electron chi connectivity index (χ0n) is 11.8. The van der Waals surface area contributed by atoms with Crippen LogP contribution in [-0.4, -0.2) is 50.8 Å². The SMILES string of the molecule is CN(CCN1CCCC1)S(=O)(=O)c1c(Br)cc(N)cc1Br. The summed E-state index contributed by atoms with van der Waals surface area (Å²) < 4.78 is 27.7. The molecule has 2 N–H and O–H groups in total. The predicted octanol–water partition coefficient (Wildman–Crippen LogP) is 2.51. The minimum Gasteiger partial charge on any atom is -0.399 e. The molecule has 0 aromatic heterocycles. The van der Waals surface area contributed by atoms with E-state index in [-0.39, 0.29) is 4.90 Å². The van der Waals surface area contributed by atoms with Crippen molar-refractivity contribution in [2.45, 2.75) is 17.7 Å². The van der Waals surface area contributed by atoms with Crippen LogP contribution in [0.3, 0.4) is 0 Å². The summed E-state index contributed by atoms with van der Waals surface area (Å²) >= 11 is 6.59. The smallest absolute Gasteiger partial charge is 0.245 e. The van der Waals surface area contributed by atoms with Crippen LogP contribution in [0.25, 0.3) is 0 Å². The second-order valence-corrected chi connectivity index (χ2v) is 8.88. The monoisotopic (exact) mass is 439 g/mol. The summed E-state index contributed by atoms with van der Waals surface area (Å²) in [5.41, 5.74) is 6.22. The Morgan fingerprint density at radius 2 is 1.76 bits per heavy atom. The molecule has 0 aliphatic carbocycles. The molecule has 1 saturated heterocycles. The van der Waals surface area contributed by atoms with E-state index in [1.807, 2.05) is 0 Å². The number of likely N-dealkylation sites (tertiary alicyclic amines) is 1. The van der Waals surface area contributed by atoms with Crippen LogP contribution in [0.2, 0.25) is 0 Å². The number of benzene rings is 1. The van der Waals surface area contributed by atoms with Crippen LogP contribution in [0.4, 0.5) is 5.69 Å². The summed E-state index contributed by atoms with van der Waals surface area (Å²) in [6.07, 6.45) is 2.40. The predicted molar refractivity (Wildman–Crippen MR) is 91.7 cm³/mol. The van der Waals surface area contributed by atoms with Crippen LogP contribution in [0.15, 0.2) is 26.0 Å². The molecule has 1 aliphatic heterocycles. The average molecular weight is 441 g/mol. The lowest BCUT2D eigenvalue weighted by Crippen LogP contribution is -2.35. The first-order valence-electron chi connectivity index (χ1n) is 6.75. The molecular formula is C13H19Br2N3O2S. The maximum absolute atomic E-state index is 12.7. The van der Waals surface area contributed by atoms with E-state index in [4.69, 9.17) is 5.73 Å². The van der Waals surface area contributed by atoms with Gasteiger partial charge in [-0.3, -0.25) is 0 Å². The Morgan fingerprint density at radius 1 is 1.24 bits per heavy atom. The second kappa shape index (κ2) is 6.95. The van der Waals surface area contributed by atoms with Crippen LogP contribution in [0, 0.1) is 0 Å². The molecule has 0 bridgehead atoms. The number of nitrogens with zero attached hydrogens (tertiary/aromatic N) is 2. The van der Waals surface area contributed by atoms with Crippen molar-refractivity contribution in [2.75, 3.05) is 39.0 Å². The van der Waals surface area contributed by atoms with Gasteiger partial charge in [0, 0.05) is 34.8 Å². The number of nitrogens with two attached hydrogens (primary N) is 1. The third kappa shape index (κ3) is 3.98. The summed E-state index contributed by atoms with van der Waals surface area (Å²) in [5.74, 6) is 0. The maximum atomic E-state index is 12.7. The van der Waals surface area contributed by atoms with Gasteiger partial charge in [-0.15, -0.1) is 0 Å². The fourth-order valence-electron chi connectivity index (χ4n) is 2.39.